The lowest BCUT2D eigenvalue weighted by Gasteiger charge is -2.13. The molecule has 0 saturated heterocycles. The SMILES string of the molecule is Cc1ccc(C(N)C(=O)NCCCNc2ccc(C)cc2[N+](=O)[O-])cc1. The second-order valence-corrected chi connectivity index (χ2v) is 6.24. The number of hydrogen-bond acceptors (Lipinski definition) is 5. The standard InChI is InChI=1S/C19H24N4O3/c1-13-4-7-15(8-5-13)18(20)19(24)22-11-3-10-21-16-9-6-14(2)12-17(16)23(25)26/h4-9,12,18,21H,3,10-11,20H2,1-2H3,(H,22,24). The minimum atomic E-state index is -0.707. The van der Waals surface area contributed by atoms with Crippen LogP contribution in [0.3, 0.4) is 0 Å². The molecule has 0 bridgehead atoms. The molecule has 0 saturated carbocycles. The number of carbonyl (C=O) groups is 1. The third kappa shape index (κ3) is 5.29. The van der Waals surface area contributed by atoms with E-state index in [0.29, 0.717) is 25.2 Å². The Morgan fingerprint density at radius 1 is 1.12 bits per heavy atom. The predicted molar refractivity (Wildman–Crippen MR) is 102 cm³/mol. The van der Waals surface area contributed by atoms with Gasteiger partial charge in [-0.3, -0.25) is 14.9 Å². The first kappa shape index (κ1) is 19.4. The molecule has 0 aliphatic rings. The molecule has 138 valence electrons. The molecule has 0 radical (unpaired) electrons. The summed E-state index contributed by atoms with van der Waals surface area (Å²) in [6.45, 7) is 4.72. The van der Waals surface area contributed by atoms with Crippen LogP contribution < -0.4 is 16.4 Å². The smallest absolute Gasteiger partial charge is 0.292 e. The summed E-state index contributed by atoms with van der Waals surface area (Å²) in [5.41, 5.74) is 9.19. The molecule has 0 aliphatic carbocycles. The third-order valence-corrected chi connectivity index (χ3v) is 4.04. The van der Waals surface area contributed by atoms with Crippen LogP contribution in [0.15, 0.2) is 42.5 Å². The number of nitrogens with zero attached hydrogens (tertiary/aromatic N) is 1. The summed E-state index contributed by atoms with van der Waals surface area (Å²) < 4.78 is 0. The Kier molecular flexibility index (Phi) is 6.68. The molecule has 26 heavy (non-hydrogen) atoms. The average Bonchev–Trinajstić information content (AvgIpc) is 2.62. The van der Waals surface area contributed by atoms with Crippen molar-refractivity contribution in [3.05, 3.63) is 69.3 Å². The normalized spacial score (nSPS) is 11.7. The van der Waals surface area contributed by atoms with E-state index in [1.165, 1.54) is 6.07 Å². The number of amides is 1. The van der Waals surface area contributed by atoms with Gasteiger partial charge in [-0.25, -0.2) is 0 Å². The summed E-state index contributed by atoms with van der Waals surface area (Å²) in [7, 11) is 0. The maximum atomic E-state index is 12.1. The van der Waals surface area contributed by atoms with Crippen LogP contribution in [0.1, 0.15) is 29.2 Å². The van der Waals surface area contributed by atoms with E-state index in [1.54, 1.807) is 6.07 Å². The highest BCUT2D eigenvalue weighted by atomic mass is 16.6. The molecule has 1 amide bonds. The van der Waals surface area contributed by atoms with Crippen molar-refractivity contribution in [2.45, 2.75) is 26.3 Å². The number of aryl methyl sites for hydroxylation is 2. The molecule has 2 aromatic rings. The molecule has 0 heterocycles. The van der Waals surface area contributed by atoms with Crippen LogP contribution in [0.5, 0.6) is 0 Å². The first-order chi connectivity index (χ1) is 12.4. The number of nitrogens with one attached hydrogen (secondary N) is 2. The van der Waals surface area contributed by atoms with E-state index < -0.39 is 11.0 Å². The number of anilines is 1. The van der Waals surface area contributed by atoms with Crippen LogP contribution in [0.2, 0.25) is 0 Å². The Labute approximate surface area is 152 Å². The quantitative estimate of drug-likeness (QED) is 0.383. The van der Waals surface area contributed by atoms with Crippen LogP contribution in [0.25, 0.3) is 0 Å². The zero-order valence-electron chi connectivity index (χ0n) is 15.0. The maximum Gasteiger partial charge on any atom is 0.292 e. The van der Waals surface area contributed by atoms with E-state index in [9.17, 15) is 14.9 Å². The molecule has 0 aromatic heterocycles. The summed E-state index contributed by atoms with van der Waals surface area (Å²) in [4.78, 5) is 22.8. The first-order valence-corrected chi connectivity index (χ1v) is 8.47. The predicted octanol–water partition coefficient (Wildman–Crippen LogP) is 2.83. The van der Waals surface area contributed by atoms with Crippen LogP contribution >= 0.6 is 0 Å². The molecule has 1 atom stereocenters. The Bertz CT molecular complexity index is 775. The fraction of sp³-hybridized carbons (Fsp3) is 0.316. The van der Waals surface area contributed by atoms with Crippen molar-refractivity contribution in [1.29, 1.82) is 0 Å². The number of rotatable bonds is 8. The molecular formula is C19H24N4O3. The Morgan fingerprint density at radius 2 is 1.77 bits per heavy atom. The average molecular weight is 356 g/mol. The van der Waals surface area contributed by atoms with Gasteiger partial charge in [0.1, 0.15) is 11.7 Å². The number of carbonyl (C=O) groups excluding carboxylic acids is 1. The van der Waals surface area contributed by atoms with Crippen molar-refractivity contribution in [2.24, 2.45) is 5.73 Å². The topological polar surface area (TPSA) is 110 Å². The summed E-state index contributed by atoms with van der Waals surface area (Å²) in [5, 5.41) is 16.9. The van der Waals surface area contributed by atoms with Crippen molar-refractivity contribution in [1.82, 2.24) is 5.32 Å². The molecule has 2 aromatic carbocycles. The number of nitrogens with two attached hydrogens (primary N) is 1. The number of nitro benzene ring substituents is 1. The van der Waals surface area contributed by atoms with Crippen molar-refractivity contribution in [2.75, 3.05) is 18.4 Å². The third-order valence-electron chi connectivity index (χ3n) is 4.04. The molecule has 0 aliphatic heterocycles. The lowest BCUT2D eigenvalue weighted by molar-refractivity contribution is -0.384. The van der Waals surface area contributed by atoms with E-state index in [2.05, 4.69) is 10.6 Å². The minimum Gasteiger partial charge on any atom is -0.379 e. The lowest BCUT2D eigenvalue weighted by atomic mass is 10.1. The summed E-state index contributed by atoms with van der Waals surface area (Å²) >= 11 is 0. The highest BCUT2D eigenvalue weighted by molar-refractivity contribution is 5.82. The second-order valence-electron chi connectivity index (χ2n) is 6.24. The van der Waals surface area contributed by atoms with Gasteiger partial charge in [-0.05, 0) is 37.5 Å². The molecule has 7 heteroatoms. The fourth-order valence-corrected chi connectivity index (χ4v) is 2.50. The van der Waals surface area contributed by atoms with Crippen LogP contribution in [-0.4, -0.2) is 23.9 Å². The van der Waals surface area contributed by atoms with Gasteiger partial charge >= 0.3 is 0 Å². The van der Waals surface area contributed by atoms with Gasteiger partial charge in [0.05, 0.1) is 4.92 Å². The Hall–Kier alpha value is -2.93. The van der Waals surface area contributed by atoms with Crippen molar-refractivity contribution >= 4 is 17.3 Å². The van der Waals surface area contributed by atoms with Gasteiger partial charge in [0.2, 0.25) is 5.91 Å². The highest BCUT2D eigenvalue weighted by Crippen LogP contribution is 2.25. The van der Waals surface area contributed by atoms with Gasteiger partial charge in [-0.15, -0.1) is 0 Å². The summed E-state index contributed by atoms with van der Waals surface area (Å²) in [6.07, 6.45) is 0.622. The van der Waals surface area contributed by atoms with Gasteiger partial charge in [0.15, 0.2) is 0 Å². The Balaban J connectivity index is 1.78. The van der Waals surface area contributed by atoms with Gasteiger partial charge in [0.25, 0.3) is 5.69 Å². The van der Waals surface area contributed by atoms with Crippen LogP contribution in [-0.2, 0) is 4.79 Å². The van der Waals surface area contributed by atoms with E-state index in [4.69, 9.17) is 5.73 Å². The largest absolute Gasteiger partial charge is 0.379 e. The zero-order valence-corrected chi connectivity index (χ0v) is 15.0. The van der Waals surface area contributed by atoms with Gasteiger partial charge in [0, 0.05) is 19.2 Å². The molecule has 2 rings (SSSR count). The summed E-state index contributed by atoms with van der Waals surface area (Å²) in [5.74, 6) is -0.241. The van der Waals surface area contributed by atoms with Crippen molar-refractivity contribution in [3.8, 4) is 0 Å². The molecular weight excluding hydrogens is 332 g/mol. The molecule has 0 spiro atoms. The van der Waals surface area contributed by atoms with E-state index in [-0.39, 0.29) is 11.6 Å². The Morgan fingerprint density at radius 3 is 2.42 bits per heavy atom. The maximum absolute atomic E-state index is 12.1. The van der Waals surface area contributed by atoms with Gasteiger partial charge < -0.3 is 16.4 Å². The fourth-order valence-electron chi connectivity index (χ4n) is 2.50. The second kappa shape index (κ2) is 8.96. The van der Waals surface area contributed by atoms with Gasteiger partial charge in [-0.1, -0.05) is 35.9 Å². The van der Waals surface area contributed by atoms with Gasteiger partial charge in [-0.2, -0.15) is 0 Å². The zero-order chi connectivity index (χ0) is 19.1. The number of hydrogen-bond donors (Lipinski definition) is 3. The number of benzene rings is 2. The lowest BCUT2D eigenvalue weighted by Crippen LogP contribution is -2.35. The molecule has 7 nitrogen and oxygen atoms in total. The van der Waals surface area contributed by atoms with E-state index in [0.717, 1.165) is 16.7 Å². The molecule has 1 unspecified atom stereocenters. The number of nitro groups is 1. The van der Waals surface area contributed by atoms with Crippen LogP contribution in [0, 0.1) is 24.0 Å². The summed E-state index contributed by atoms with van der Waals surface area (Å²) in [6, 6.07) is 11.9. The van der Waals surface area contributed by atoms with Crippen molar-refractivity contribution < 1.29 is 9.72 Å². The van der Waals surface area contributed by atoms with Crippen LogP contribution in [0.4, 0.5) is 11.4 Å². The monoisotopic (exact) mass is 356 g/mol. The highest BCUT2D eigenvalue weighted by Gasteiger charge is 2.15. The molecule has 0 fully saturated rings. The minimum absolute atomic E-state index is 0.0513. The van der Waals surface area contributed by atoms with Crippen molar-refractivity contribution in [3.63, 3.8) is 0 Å². The molecule has 4 N–H and O–H groups in total. The first-order valence-electron chi connectivity index (χ1n) is 8.47. The van der Waals surface area contributed by atoms with E-state index >= 15 is 0 Å². The van der Waals surface area contributed by atoms with E-state index in [1.807, 2.05) is 44.2 Å².